The Morgan fingerprint density at radius 1 is 1.15 bits per heavy atom. The Morgan fingerprint density at radius 2 is 1.80 bits per heavy atom. The van der Waals surface area contributed by atoms with Crippen LogP contribution in [0, 0.1) is 11.8 Å². The molecule has 0 saturated carbocycles. The van der Waals surface area contributed by atoms with Crippen LogP contribution in [-0.2, 0) is 6.54 Å². The van der Waals surface area contributed by atoms with Gasteiger partial charge in [-0.2, -0.15) is 0 Å². The molecule has 0 N–H and O–H groups in total. The third kappa shape index (κ3) is 4.64. The molecule has 1 aromatic rings. The van der Waals surface area contributed by atoms with Gasteiger partial charge in [0, 0.05) is 19.1 Å². The molecule has 0 heterocycles. The highest BCUT2D eigenvalue weighted by Gasteiger charge is 2.25. The van der Waals surface area contributed by atoms with E-state index in [2.05, 4.69) is 75.2 Å². The highest BCUT2D eigenvalue weighted by molar-refractivity contribution is 5.14. The molecule has 1 aromatic carbocycles. The Kier molecular flexibility index (Phi) is 7.32. The summed E-state index contributed by atoms with van der Waals surface area (Å²) in [7, 11) is 0. The number of hydrogen-bond donors (Lipinski definition) is 0. The molecule has 1 rings (SSSR count). The van der Waals surface area contributed by atoms with Gasteiger partial charge in [-0.3, -0.25) is 4.90 Å². The van der Waals surface area contributed by atoms with Crippen LogP contribution >= 0.6 is 0 Å². The maximum absolute atomic E-state index is 3.95. The normalized spacial score (nSPS) is 15.6. The highest BCUT2D eigenvalue weighted by atomic mass is 15.2. The Morgan fingerprint density at radius 3 is 2.30 bits per heavy atom. The summed E-state index contributed by atoms with van der Waals surface area (Å²) in [6.45, 7) is 16.7. The largest absolute Gasteiger partial charge is 0.292 e. The van der Waals surface area contributed by atoms with Crippen molar-refractivity contribution in [2.45, 2.75) is 39.8 Å². The lowest BCUT2D eigenvalue weighted by Gasteiger charge is -2.36. The molecule has 20 heavy (non-hydrogen) atoms. The first-order chi connectivity index (χ1) is 9.63. The molecular formula is C19H29N. The Bertz CT molecular complexity index is 395. The number of nitrogens with zero attached hydrogens (tertiary/aromatic N) is 1. The molecule has 3 atom stereocenters. The van der Waals surface area contributed by atoms with E-state index < -0.39 is 0 Å². The number of benzene rings is 1. The fourth-order valence-electron chi connectivity index (χ4n) is 2.83. The molecule has 1 nitrogen and oxygen atoms in total. The van der Waals surface area contributed by atoms with Crippen LogP contribution in [0.3, 0.4) is 0 Å². The van der Waals surface area contributed by atoms with Gasteiger partial charge in [-0.05, 0) is 23.8 Å². The summed E-state index contributed by atoms with van der Waals surface area (Å²) in [5.74, 6) is 1.13. The zero-order chi connectivity index (χ0) is 15.0. The average molecular weight is 271 g/mol. The molecule has 1 heteroatoms. The monoisotopic (exact) mass is 271 g/mol. The second kappa shape index (κ2) is 8.76. The van der Waals surface area contributed by atoms with E-state index in [1.54, 1.807) is 0 Å². The van der Waals surface area contributed by atoms with Gasteiger partial charge in [-0.15, -0.1) is 13.2 Å². The Hall–Kier alpha value is -1.34. The van der Waals surface area contributed by atoms with Crippen LogP contribution in [0.15, 0.2) is 55.6 Å². The van der Waals surface area contributed by atoms with Gasteiger partial charge in [-0.1, -0.05) is 63.3 Å². The molecule has 0 amide bonds. The van der Waals surface area contributed by atoms with Crippen LogP contribution in [0.5, 0.6) is 0 Å². The van der Waals surface area contributed by atoms with E-state index in [-0.39, 0.29) is 0 Å². The predicted molar refractivity (Wildman–Crippen MR) is 89.7 cm³/mol. The van der Waals surface area contributed by atoms with Gasteiger partial charge in [0.15, 0.2) is 0 Å². The van der Waals surface area contributed by atoms with Gasteiger partial charge in [0.25, 0.3) is 0 Å². The lowest BCUT2D eigenvalue weighted by atomic mass is 9.86. The molecule has 0 unspecified atom stereocenters. The van der Waals surface area contributed by atoms with E-state index in [9.17, 15) is 0 Å². The highest BCUT2D eigenvalue weighted by Crippen LogP contribution is 2.24. The van der Waals surface area contributed by atoms with E-state index in [4.69, 9.17) is 0 Å². The maximum Gasteiger partial charge on any atom is 0.0240 e. The fourth-order valence-corrected chi connectivity index (χ4v) is 2.83. The zero-order valence-electron chi connectivity index (χ0n) is 13.3. The zero-order valence-corrected chi connectivity index (χ0v) is 13.3. The summed E-state index contributed by atoms with van der Waals surface area (Å²) in [4.78, 5) is 2.53. The molecular weight excluding hydrogens is 242 g/mol. The Labute approximate surface area is 125 Å². The maximum atomic E-state index is 3.95. The van der Waals surface area contributed by atoms with Crippen molar-refractivity contribution >= 4 is 0 Å². The first kappa shape index (κ1) is 16.7. The van der Waals surface area contributed by atoms with Crippen molar-refractivity contribution in [1.29, 1.82) is 0 Å². The Balaban J connectivity index is 2.86. The van der Waals surface area contributed by atoms with E-state index in [0.717, 1.165) is 19.5 Å². The van der Waals surface area contributed by atoms with Crippen LogP contribution in [0.2, 0.25) is 0 Å². The molecule has 0 fully saturated rings. The van der Waals surface area contributed by atoms with Crippen LogP contribution in [0.25, 0.3) is 0 Å². The van der Waals surface area contributed by atoms with Gasteiger partial charge in [0.05, 0.1) is 0 Å². The van der Waals surface area contributed by atoms with Crippen molar-refractivity contribution in [3.8, 4) is 0 Å². The minimum Gasteiger partial charge on any atom is -0.292 e. The molecule has 0 saturated heterocycles. The topological polar surface area (TPSA) is 3.24 Å². The first-order valence-corrected chi connectivity index (χ1v) is 7.65. The number of hydrogen-bond acceptors (Lipinski definition) is 1. The quantitative estimate of drug-likeness (QED) is 0.577. The van der Waals surface area contributed by atoms with Gasteiger partial charge < -0.3 is 0 Å². The first-order valence-electron chi connectivity index (χ1n) is 7.65. The molecule has 0 aliphatic heterocycles. The molecule has 0 bridgehead atoms. The summed E-state index contributed by atoms with van der Waals surface area (Å²) in [5.41, 5.74) is 1.37. The standard InChI is InChI=1S/C19H29N/c1-6-14-20(15-18-12-10-9-11-13-18)19(8-3)17(5)16(4)7-2/h6-7,9-13,16-17,19H,1-2,8,14-15H2,3-5H3/t16-,17-,19-/m0/s1. The van der Waals surface area contributed by atoms with Gasteiger partial charge in [-0.25, -0.2) is 0 Å². The average Bonchev–Trinajstić information content (AvgIpc) is 2.48. The number of rotatable bonds is 9. The van der Waals surface area contributed by atoms with Crippen molar-refractivity contribution in [1.82, 2.24) is 4.90 Å². The number of allylic oxidation sites excluding steroid dienone is 1. The summed E-state index contributed by atoms with van der Waals surface area (Å²) in [6, 6.07) is 11.2. The second-order valence-electron chi connectivity index (χ2n) is 5.63. The predicted octanol–water partition coefficient (Wildman–Crippen LogP) is 4.91. The van der Waals surface area contributed by atoms with Gasteiger partial charge >= 0.3 is 0 Å². The molecule has 0 radical (unpaired) electrons. The summed E-state index contributed by atoms with van der Waals surface area (Å²) < 4.78 is 0. The van der Waals surface area contributed by atoms with Crippen LogP contribution < -0.4 is 0 Å². The molecule has 0 aromatic heterocycles. The van der Waals surface area contributed by atoms with Crippen LogP contribution in [-0.4, -0.2) is 17.5 Å². The van der Waals surface area contributed by atoms with E-state index >= 15 is 0 Å². The van der Waals surface area contributed by atoms with Gasteiger partial charge in [0.1, 0.15) is 0 Å². The molecule has 0 aliphatic rings. The SMILES string of the molecule is C=CCN(Cc1ccccc1)[C@@H](CC)[C@@H](C)[C@@H](C)C=C. The summed E-state index contributed by atoms with van der Waals surface area (Å²) in [5, 5.41) is 0. The van der Waals surface area contributed by atoms with Crippen molar-refractivity contribution in [2.24, 2.45) is 11.8 Å². The molecule has 0 spiro atoms. The van der Waals surface area contributed by atoms with E-state index in [1.165, 1.54) is 5.56 Å². The smallest absolute Gasteiger partial charge is 0.0240 e. The van der Waals surface area contributed by atoms with Crippen molar-refractivity contribution in [3.05, 3.63) is 61.2 Å². The lowest BCUT2D eigenvalue weighted by molar-refractivity contribution is 0.132. The third-order valence-electron chi connectivity index (χ3n) is 4.29. The van der Waals surface area contributed by atoms with Crippen molar-refractivity contribution < 1.29 is 0 Å². The fraction of sp³-hybridized carbons (Fsp3) is 0.474. The summed E-state index contributed by atoms with van der Waals surface area (Å²) in [6.07, 6.45) is 5.23. The lowest BCUT2D eigenvalue weighted by Crippen LogP contribution is -2.41. The second-order valence-corrected chi connectivity index (χ2v) is 5.63. The van der Waals surface area contributed by atoms with Crippen molar-refractivity contribution in [2.75, 3.05) is 6.54 Å². The van der Waals surface area contributed by atoms with Crippen LogP contribution in [0.4, 0.5) is 0 Å². The van der Waals surface area contributed by atoms with Gasteiger partial charge in [0.2, 0.25) is 0 Å². The minimum atomic E-state index is 0.531. The van der Waals surface area contributed by atoms with Crippen molar-refractivity contribution in [3.63, 3.8) is 0 Å². The minimum absolute atomic E-state index is 0.531. The molecule has 110 valence electrons. The van der Waals surface area contributed by atoms with E-state index in [1.807, 2.05) is 6.08 Å². The third-order valence-corrected chi connectivity index (χ3v) is 4.29. The summed E-state index contributed by atoms with van der Waals surface area (Å²) >= 11 is 0. The molecule has 0 aliphatic carbocycles. The van der Waals surface area contributed by atoms with E-state index in [0.29, 0.717) is 17.9 Å². The van der Waals surface area contributed by atoms with Crippen LogP contribution in [0.1, 0.15) is 32.8 Å².